The first-order valence-corrected chi connectivity index (χ1v) is 12.7. The van der Waals surface area contributed by atoms with Gasteiger partial charge < -0.3 is 18.6 Å². The highest BCUT2D eigenvalue weighted by atomic mass is 28.4. The third-order valence-corrected chi connectivity index (χ3v) is 10.6. The minimum absolute atomic E-state index is 0.00999. The zero-order valence-corrected chi connectivity index (χ0v) is 18.5. The number of fused-ring (bicyclic) bond motifs is 2. The molecule has 0 aromatic heterocycles. The van der Waals surface area contributed by atoms with Gasteiger partial charge in [0.15, 0.2) is 20.5 Å². The topological polar surface area (TPSA) is 101 Å². The molecule has 10 heteroatoms. The number of nitrogens with zero attached hydrogens (tertiary/aromatic N) is 1. The number of carbonyl (C=O) groups excluding carboxylic acids is 3. The predicted molar refractivity (Wildman–Crippen MR) is 105 cm³/mol. The molecule has 1 aromatic carbocycles. The molecule has 3 aliphatic heterocycles. The van der Waals surface area contributed by atoms with E-state index in [-0.39, 0.29) is 22.8 Å². The molecular weight excluding hydrogens is 410 g/mol. The number of imide groups is 1. The molecule has 4 rings (SSSR count). The molecule has 0 saturated carbocycles. The molecule has 2 fully saturated rings. The molecule has 0 bridgehead atoms. The van der Waals surface area contributed by atoms with Gasteiger partial charge in [0.1, 0.15) is 6.10 Å². The van der Waals surface area contributed by atoms with E-state index >= 15 is 0 Å². The van der Waals surface area contributed by atoms with Crippen molar-refractivity contribution in [3.05, 3.63) is 35.4 Å². The Morgan fingerprint density at radius 2 is 1.57 bits per heavy atom. The van der Waals surface area contributed by atoms with Crippen LogP contribution in [0.15, 0.2) is 24.3 Å². The molecule has 30 heavy (non-hydrogen) atoms. The summed E-state index contributed by atoms with van der Waals surface area (Å²) in [5.41, 5.74) is 0.490. The molecule has 4 atom stereocenters. The van der Waals surface area contributed by atoms with Crippen molar-refractivity contribution >= 4 is 26.3 Å². The molecule has 0 aliphatic carbocycles. The minimum atomic E-state index is -2.08. The summed E-state index contributed by atoms with van der Waals surface area (Å²) in [5, 5.41) is 0.638. The molecular formula is C20H25NO8Si. The molecule has 1 aromatic rings. The number of hydrogen-bond donors (Lipinski definition) is 0. The van der Waals surface area contributed by atoms with Crippen molar-refractivity contribution in [2.45, 2.75) is 63.5 Å². The summed E-state index contributed by atoms with van der Waals surface area (Å²) in [5.74, 6) is -1.19. The fourth-order valence-electron chi connectivity index (χ4n) is 3.30. The Bertz CT molecular complexity index is 860. The fourth-order valence-corrected chi connectivity index (χ4v) is 4.32. The number of carbonyl (C=O) groups is 3. The lowest BCUT2D eigenvalue weighted by Crippen LogP contribution is -2.44. The number of hydrogen-bond acceptors (Lipinski definition) is 8. The third kappa shape index (κ3) is 3.43. The van der Waals surface area contributed by atoms with Crippen LogP contribution in [0.25, 0.3) is 0 Å². The van der Waals surface area contributed by atoms with Crippen molar-refractivity contribution in [1.82, 2.24) is 5.06 Å². The molecule has 0 N–H and O–H groups in total. The summed E-state index contributed by atoms with van der Waals surface area (Å²) in [6.07, 6.45) is -4.31. The lowest BCUT2D eigenvalue weighted by molar-refractivity contribution is -0.249. The normalized spacial score (nSPS) is 28.4. The molecule has 0 spiro atoms. The highest BCUT2D eigenvalue weighted by Gasteiger charge is 2.57. The predicted octanol–water partition coefficient (Wildman–Crippen LogP) is 2.86. The quantitative estimate of drug-likeness (QED) is 0.395. The Kier molecular flexibility index (Phi) is 5.00. The summed E-state index contributed by atoms with van der Waals surface area (Å²) in [7, 11) is -2.08. The van der Waals surface area contributed by atoms with Crippen LogP contribution >= 0.6 is 0 Å². The molecule has 0 unspecified atom stereocenters. The Labute approximate surface area is 175 Å². The fraction of sp³-hybridized carbons (Fsp3) is 0.550. The Hall–Kier alpha value is -2.27. The van der Waals surface area contributed by atoms with Crippen molar-refractivity contribution in [3.63, 3.8) is 0 Å². The zero-order chi connectivity index (χ0) is 21.8. The van der Waals surface area contributed by atoms with E-state index in [1.165, 1.54) is 0 Å². The van der Waals surface area contributed by atoms with Gasteiger partial charge in [-0.05, 0) is 30.3 Å². The summed E-state index contributed by atoms with van der Waals surface area (Å²) >= 11 is 0. The highest BCUT2D eigenvalue weighted by Crippen LogP contribution is 2.39. The Morgan fingerprint density at radius 3 is 2.13 bits per heavy atom. The molecule has 162 valence electrons. The van der Waals surface area contributed by atoms with Gasteiger partial charge in [0.25, 0.3) is 11.8 Å². The van der Waals surface area contributed by atoms with E-state index in [1.54, 1.807) is 24.3 Å². The van der Waals surface area contributed by atoms with Crippen molar-refractivity contribution in [3.8, 4) is 0 Å². The average molecular weight is 436 g/mol. The van der Waals surface area contributed by atoms with Crippen LogP contribution in [-0.2, 0) is 23.5 Å². The van der Waals surface area contributed by atoms with Crippen LogP contribution in [0, 0.1) is 0 Å². The van der Waals surface area contributed by atoms with Gasteiger partial charge in [0.2, 0.25) is 6.29 Å². The number of hydroxylamine groups is 2. The monoisotopic (exact) mass is 435 g/mol. The summed E-state index contributed by atoms with van der Waals surface area (Å²) in [6, 6.07) is 6.42. The average Bonchev–Trinajstić information content (AvgIpc) is 3.27. The summed E-state index contributed by atoms with van der Waals surface area (Å²) in [4.78, 5) is 42.4. The number of benzene rings is 1. The SMILES string of the molecule is CC(C)(C)[Si](C)(C)OC[C@H]1O[C@@H](ON2C(=O)c3ccccc3C2=O)[C@@H]2OC(=O)O[C@@H]21. The van der Waals surface area contributed by atoms with Crippen molar-refractivity contribution in [2.75, 3.05) is 6.61 Å². The van der Waals surface area contributed by atoms with E-state index in [4.69, 9.17) is 23.5 Å². The van der Waals surface area contributed by atoms with Crippen LogP contribution in [0.5, 0.6) is 0 Å². The largest absolute Gasteiger partial charge is 0.509 e. The van der Waals surface area contributed by atoms with Crippen LogP contribution in [0.1, 0.15) is 41.5 Å². The summed E-state index contributed by atoms with van der Waals surface area (Å²) < 4.78 is 22.5. The van der Waals surface area contributed by atoms with E-state index in [0.717, 1.165) is 0 Å². The van der Waals surface area contributed by atoms with Crippen molar-refractivity contribution < 1.29 is 37.9 Å². The van der Waals surface area contributed by atoms with E-state index in [1.807, 2.05) is 0 Å². The first kappa shape index (κ1) is 21.0. The van der Waals surface area contributed by atoms with Gasteiger partial charge in [-0.1, -0.05) is 32.9 Å². The van der Waals surface area contributed by atoms with Crippen LogP contribution in [0.4, 0.5) is 4.79 Å². The number of amides is 2. The molecule has 2 amide bonds. The first-order valence-electron chi connectivity index (χ1n) is 9.81. The highest BCUT2D eigenvalue weighted by molar-refractivity contribution is 6.74. The van der Waals surface area contributed by atoms with Gasteiger partial charge >= 0.3 is 6.16 Å². The Morgan fingerprint density at radius 1 is 1.00 bits per heavy atom. The van der Waals surface area contributed by atoms with Gasteiger partial charge in [-0.15, -0.1) is 5.06 Å². The Balaban J connectivity index is 1.48. The third-order valence-electron chi connectivity index (χ3n) is 6.11. The second-order valence-corrected chi connectivity index (χ2v) is 13.9. The van der Waals surface area contributed by atoms with E-state index in [0.29, 0.717) is 5.06 Å². The van der Waals surface area contributed by atoms with Crippen molar-refractivity contribution in [1.29, 1.82) is 0 Å². The van der Waals surface area contributed by atoms with E-state index in [9.17, 15) is 14.4 Å². The van der Waals surface area contributed by atoms with Gasteiger partial charge in [-0.2, -0.15) is 0 Å². The van der Waals surface area contributed by atoms with Crippen LogP contribution < -0.4 is 0 Å². The van der Waals surface area contributed by atoms with Gasteiger partial charge in [-0.3, -0.25) is 9.59 Å². The second-order valence-electron chi connectivity index (χ2n) is 9.08. The lowest BCUT2D eigenvalue weighted by atomic mass is 10.1. The maximum absolute atomic E-state index is 12.6. The molecule has 2 saturated heterocycles. The minimum Gasteiger partial charge on any atom is -0.424 e. The van der Waals surface area contributed by atoms with E-state index < -0.39 is 50.9 Å². The van der Waals surface area contributed by atoms with Gasteiger partial charge in [0, 0.05) is 0 Å². The van der Waals surface area contributed by atoms with Crippen LogP contribution in [0.3, 0.4) is 0 Å². The van der Waals surface area contributed by atoms with Crippen LogP contribution in [0.2, 0.25) is 18.1 Å². The number of ether oxygens (including phenoxy) is 3. The van der Waals surface area contributed by atoms with Gasteiger partial charge in [-0.25, -0.2) is 9.63 Å². The molecule has 3 heterocycles. The maximum Gasteiger partial charge on any atom is 0.509 e. The second kappa shape index (κ2) is 7.15. The first-order chi connectivity index (χ1) is 14.0. The molecule has 0 radical (unpaired) electrons. The van der Waals surface area contributed by atoms with Gasteiger partial charge in [0.05, 0.1) is 17.7 Å². The van der Waals surface area contributed by atoms with E-state index in [2.05, 4.69) is 33.9 Å². The maximum atomic E-state index is 12.6. The molecule has 9 nitrogen and oxygen atoms in total. The molecule has 3 aliphatic rings. The standard InChI is InChI=1S/C20H25NO8Si/c1-20(2,3)30(4,5)25-10-13-14-15(28-19(24)27-14)18(26-13)29-21-16(22)11-8-6-7-9-12(11)17(21)23/h6-9,13-15,18H,10H2,1-5H3/t13-,14-,15-,18+/m1/s1. The van der Waals surface area contributed by atoms with Crippen LogP contribution in [-0.4, -0.2) is 62.6 Å². The number of rotatable bonds is 5. The smallest absolute Gasteiger partial charge is 0.424 e. The summed E-state index contributed by atoms with van der Waals surface area (Å²) in [6.45, 7) is 10.7. The van der Waals surface area contributed by atoms with Crippen molar-refractivity contribution in [2.24, 2.45) is 0 Å². The lowest BCUT2D eigenvalue weighted by Gasteiger charge is -2.37. The zero-order valence-electron chi connectivity index (χ0n) is 17.5.